The Balaban J connectivity index is 0.000000402. The van der Waals surface area contributed by atoms with Crippen LogP contribution in [0, 0.1) is 28.6 Å². The van der Waals surface area contributed by atoms with Crippen molar-refractivity contribution in [1.82, 2.24) is 14.7 Å². The van der Waals surface area contributed by atoms with Gasteiger partial charge in [0.1, 0.15) is 17.6 Å². The molecule has 1 aliphatic heterocycles. The maximum atomic E-state index is 13.5. The third kappa shape index (κ3) is 8.73. The first kappa shape index (κ1) is 34.9. The molecule has 1 N–H and O–H groups in total. The number of alkyl halides is 4. The van der Waals surface area contributed by atoms with Crippen LogP contribution in [0.1, 0.15) is 50.9 Å². The van der Waals surface area contributed by atoms with Gasteiger partial charge in [-0.1, -0.05) is 0 Å². The van der Waals surface area contributed by atoms with Crippen LogP contribution in [-0.2, 0) is 24.3 Å². The van der Waals surface area contributed by atoms with Gasteiger partial charge in [-0.25, -0.2) is 36.5 Å². The van der Waals surface area contributed by atoms with Gasteiger partial charge in [-0.05, 0) is 49.4 Å². The van der Waals surface area contributed by atoms with Crippen LogP contribution in [-0.4, -0.2) is 62.5 Å². The zero-order valence-corrected chi connectivity index (χ0v) is 24.4. The molecule has 1 aromatic carbocycles. The first-order valence-electron chi connectivity index (χ1n) is 12.9. The van der Waals surface area contributed by atoms with E-state index < -0.39 is 58.1 Å². The number of nitrogens with one attached hydrogen (secondary N) is 1. The number of carbonyl (C=O) groups is 3. The van der Waals surface area contributed by atoms with Crippen LogP contribution in [0.5, 0.6) is 0 Å². The number of carbonyl (C=O) groups excluding carboxylic acids is 3. The molecule has 0 unspecified atom stereocenters. The second kappa shape index (κ2) is 15.4. The Labute approximate surface area is 259 Å². The molecule has 3 aromatic rings. The number of halogens is 4. The van der Waals surface area contributed by atoms with Crippen molar-refractivity contribution in [2.45, 2.75) is 24.9 Å². The number of rotatable bonds is 9. The highest BCUT2D eigenvalue weighted by Crippen LogP contribution is 2.32. The lowest BCUT2D eigenvalue weighted by Gasteiger charge is -2.39. The Hall–Kier alpha value is -5.62. The fourth-order valence-corrected chi connectivity index (χ4v) is 4.86. The first-order valence-corrected chi connectivity index (χ1v) is 14.4. The van der Waals surface area contributed by atoms with Crippen LogP contribution in [0.25, 0.3) is 0 Å². The maximum absolute atomic E-state index is 13.5. The van der Waals surface area contributed by atoms with Gasteiger partial charge < -0.3 is 14.4 Å². The highest BCUT2D eigenvalue weighted by Gasteiger charge is 2.38. The summed E-state index contributed by atoms with van der Waals surface area (Å²) in [5, 5.41) is 18.2. The SMILES string of the molecule is CCOC(=O)c1cc(C#N)c(N2CC(C(=O)NS(=O)(=O)c3ccc(C#N)cc3)C2)nc1C(F)F.O=C(OC(F)F)c1cccnc1. The number of anilines is 1. The van der Waals surface area contributed by atoms with Crippen molar-refractivity contribution in [2.75, 3.05) is 24.6 Å². The first-order chi connectivity index (χ1) is 21.8. The fraction of sp³-hybridized carbons (Fsp3) is 0.250. The lowest BCUT2D eigenvalue weighted by atomic mass is 9.98. The number of esters is 2. The highest BCUT2D eigenvalue weighted by atomic mass is 32.2. The van der Waals surface area contributed by atoms with Crippen LogP contribution in [0.4, 0.5) is 23.4 Å². The van der Waals surface area contributed by atoms with E-state index in [1.165, 1.54) is 54.4 Å². The molecule has 4 rings (SSSR count). The summed E-state index contributed by atoms with van der Waals surface area (Å²) in [5.41, 5.74) is -1.30. The van der Waals surface area contributed by atoms with Gasteiger partial charge in [0.15, 0.2) is 0 Å². The van der Waals surface area contributed by atoms with Crippen molar-refractivity contribution in [1.29, 1.82) is 10.5 Å². The Morgan fingerprint density at radius 3 is 2.26 bits per heavy atom. The van der Waals surface area contributed by atoms with Crippen LogP contribution < -0.4 is 9.62 Å². The molecule has 2 aromatic heterocycles. The third-order valence-corrected chi connectivity index (χ3v) is 7.39. The molecule has 1 fully saturated rings. The molecule has 0 saturated carbocycles. The molecule has 240 valence electrons. The summed E-state index contributed by atoms with van der Waals surface area (Å²) in [6.07, 6.45) is -0.534. The summed E-state index contributed by atoms with van der Waals surface area (Å²) in [7, 11) is -4.19. The number of ether oxygens (including phenoxy) is 2. The van der Waals surface area contributed by atoms with Gasteiger partial charge in [0, 0.05) is 25.5 Å². The van der Waals surface area contributed by atoms with Crippen molar-refractivity contribution >= 4 is 33.7 Å². The number of hydrogen-bond acceptors (Lipinski definition) is 12. The summed E-state index contributed by atoms with van der Waals surface area (Å²) in [4.78, 5) is 43.6. The predicted octanol–water partition coefficient (Wildman–Crippen LogP) is 3.34. The minimum Gasteiger partial charge on any atom is -0.462 e. The predicted molar refractivity (Wildman–Crippen MR) is 148 cm³/mol. The molecular weight excluding hydrogens is 640 g/mol. The van der Waals surface area contributed by atoms with E-state index >= 15 is 0 Å². The van der Waals surface area contributed by atoms with E-state index in [1.807, 2.05) is 10.8 Å². The summed E-state index contributed by atoms with van der Waals surface area (Å²) in [6.45, 7) is -1.81. The van der Waals surface area contributed by atoms with Gasteiger partial charge >= 0.3 is 18.6 Å². The van der Waals surface area contributed by atoms with E-state index in [-0.39, 0.29) is 47.1 Å². The van der Waals surface area contributed by atoms with E-state index in [2.05, 4.69) is 14.7 Å². The molecule has 18 heteroatoms. The van der Waals surface area contributed by atoms with Crippen LogP contribution in [0.2, 0.25) is 0 Å². The topological polar surface area (TPSA) is 192 Å². The Morgan fingerprint density at radius 1 is 1.07 bits per heavy atom. The summed E-state index contributed by atoms with van der Waals surface area (Å²) in [5.74, 6) is -3.90. The molecular formula is C28H22F4N6O7S. The van der Waals surface area contributed by atoms with Crippen LogP contribution >= 0.6 is 0 Å². The molecule has 13 nitrogen and oxygen atoms in total. The van der Waals surface area contributed by atoms with Crippen molar-refractivity contribution in [3.8, 4) is 12.1 Å². The van der Waals surface area contributed by atoms with Crippen molar-refractivity contribution in [3.05, 3.63) is 82.8 Å². The molecule has 0 atom stereocenters. The van der Waals surface area contributed by atoms with E-state index in [1.54, 1.807) is 6.07 Å². The standard InChI is InChI=1S/C21H17F2N5O5S.C7H5F2NO2/c1-2-33-21(30)16-7-13(9-25)19(26-17(16)18(22)23)28-10-14(11-28)20(29)27-34(31,32)15-5-3-12(8-24)4-6-15;8-7(9)12-6(11)5-2-1-3-10-4-5/h3-7,14,18H,2,10-11H2,1H3,(H,27,29);1-4,7H. The smallest absolute Gasteiger partial charge is 0.389 e. The van der Waals surface area contributed by atoms with Gasteiger partial charge in [-0.2, -0.15) is 19.3 Å². The minimum atomic E-state index is -4.19. The zero-order valence-electron chi connectivity index (χ0n) is 23.6. The van der Waals surface area contributed by atoms with Crippen molar-refractivity contribution in [3.63, 3.8) is 0 Å². The van der Waals surface area contributed by atoms with E-state index in [0.717, 1.165) is 12.3 Å². The summed E-state index contributed by atoms with van der Waals surface area (Å²) < 4.78 is 85.1. The maximum Gasteiger partial charge on any atom is 0.389 e. The fourth-order valence-electron chi connectivity index (χ4n) is 3.81. The largest absolute Gasteiger partial charge is 0.462 e. The van der Waals surface area contributed by atoms with E-state index in [9.17, 15) is 45.6 Å². The van der Waals surface area contributed by atoms with Gasteiger partial charge in [0.25, 0.3) is 16.4 Å². The summed E-state index contributed by atoms with van der Waals surface area (Å²) in [6, 6.07) is 12.4. The van der Waals surface area contributed by atoms with Gasteiger partial charge in [-0.3, -0.25) is 9.78 Å². The monoisotopic (exact) mass is 662 g/mol. The Bertz CT molecular complexity index is 1770. The van der Waals surface area contributed by atoms with E-state index in [4.69, 9.17) is 10.00 Å². The number of benzene rings is 1. The highest BCUT2D eigenvalue weighted by molar-refractivity contribution is 7.90. The Kier molecular flexibility index (Phi) is 11.7. The van der Waals surface area contributed by atoms with Gasteiger partial charge in [0.2, 0.25) is 5.91 Å². The average molecular weight is 663 g/mol. The number of nitrogens with zero attached hydrogens (tertiary/aromatic N) is 5. The Morgan fingerprint density at radius 2 is 1.74 bits per heavy atom. The number of pyridine rings is 2. The molecule has 0 aliphatic carbocycles. The van der Waals surface area contributed by atoms with Crippen LogP contribution in [0.15, 0.2) is 59.8 Å². The molecule has 3 heterocycles. The average Bonchev–Trinajstić information content (AvgIpc) is 3.00. The second-order valence-corrected chi connectivity index (χ2v) is 10.7. The number of hydrogen-bond donors (Lipinski definition) is 1. The molecule has 0 radical (unpaired) electrons. The molecule has 0 spiro atoms. The van der Waals surface area contributed by atoms with E-state index in [0.29, 0.717) is 0 Å². The van der Waals surface area contributed by atoms with Crippen molar-refractivity contribution < 1.29 is 49.8 Å². The van der Waals surface area contributed by atoms with Gasteiger partial charge in [-0.15, -0.1) is 0 Å². The number of sulfonamides is 1. The number of amides is 1. The lowest BCUT2D eigenvalue weighted by molar-refractivity contribution is -0.123. The summed E-state index contributed by atoms with van der Waals surface area (Å²) >= 11 is 0. The van der Waals surface area contributed by atoms with Gasteiger partial charge in [0.05, 0.1) is 45.7 Å². The third-order valence-electron chi connectivity index (χ3n) is 6.03. The normalized spacial score (nSPS) is 12.6. The molecule has 1 saturated heterocycles. The number of aromatic nitrogens is 2. The second-order valence-electron chi connectivity index (χ2n) is 9.04. The minimum absolute atomic E-state index is 0.0119. The lowest BCUT2D eigenvalue weighted by Crippen LogP contribution is -2.55. The molecule has 1 aliphatic rings. The molecule has 1 amide bonds. The molecule has 46 heavy (non-hydrogen) atoms. The number of nitriles is 2. The van der Waals surface area contributed by atoms with Crippen molar-refractivity contribution in [2.24, 2.45) is 5.92 Å². The quantitative estimate of drug-likeness (QED) is 0.260. The van der Waals surface area contributed by atoms with Crippen LogP contribution in [0.3, 0.4) is 0 Å². The zero-order chi connectivity index (χ0) is 34.0. The molecule has 0 bridgehead atoms.